The van der Waals surface area contributed by atoms with Gasteiger partial charge in [0.1, 0.15) is 11.7 Å². The van der Waals surface area contributed by atoms with Crippen molar-refractivity contribution < 1.29 is 9.59 Å². The first-order chi connectivity index (χ1) is 4.29. The fourth-order valence-corrected chi connectivity index (χ4v) is 1.46. The number of hydrogen-bond donors (Lipinski definition) is 1. The number of aldehydes is 1. The maximum absolute atomic E-state index is 10.8. The third-order valence-corrected chi connectivity index (χ3v) is 2.29. The Balaban J connectivity index is 2.33. The van der Waals surface area contributed by atoms with Gasteiger partial charge in [-0.25, -0.2) is 0 Å². The molecule has 1 aliphatic heterocycles. The van der Waals surface area contributed by atoms with Crippen molar-refractivity contribution in [2.24, 2.45) is 11.3 Å². The van der Waals surface area contributed by atoms with E-state index in [2.05, 4.69) is 5.32 Å². The van der Waals surface area contributed by atoms with Crippen LogP contribution in [0.15, 0.2) is 0 Å². The van der Waals surface area contributed by atoms with E-state index in [1.54, 1.807) is 0 Å². The molecule has 1 amide bonds. The quantitative estimate of drug-likeness (QED) is 0.373. The molecular weight excluding hydrogens is 118 g/mol. The van der Waals surface area contributed by atoms with Gasteiger partial charge in [-0.15, -0.1) is 0 Å². The molecule has 2 aliphatic rings. The van der Waals surface area contributed by atoms with Gasteiger partial charge in [0.25, 0.3) is 0 Å². The van der Waals surface area contributed by atoms with E-state index in [0.717, 1.165) is 12.7 Å². The van der Waals surface area contributed by atoms with Crippen molar-refractivity contribution in [3.63, 3.8) is 0 Å². The number of carbonyl (C=O) groups is 2. The van der Waals surface area contributed by atoms with Crippen LogP contribution in [0.5, 0.6) is 0 Å². The molecule has 1 aliphatic carbocycles. The third kappa shape index (κ3) is 0.385. The summed E-state index contributed by atoms with van der Waals surface area (Å²) < 4.78 is 0. The van der Waals surface area contributed by atoms with Crippen LogP contribution in [0.25, 0.3) is 0 Å². The highest BCUT2D eigenvalue weighted by molar-refractivity contribution is 6.02. The zero-order chi connectivity index (χ0) is 6.48. The van der Waals surface area contributed by atoms with Crippen LogP contribution in [0.3, 0.4) is 0 Å². The van der Waals surface area contributed by atoms with Crippen LogP contribution in [0.2, 0.25) is 0 Å². The summed E-state index contributed by atoms with van der Waals surface area (Å²) in [7, 11) is 0. The zero-order valence-electron chi connectivity index (χ0n) is 4.89. The van der Waals surface area contributed by atoms with Crippen molar-refractivity contribution in [3.8, 4) is 0 Å². The molecule has 0 aromatic rings. The molecule has 1 N–H and O–H groups in total. The fourth-order valence-electron chi connectivity index (χ4n) is 1.46. The molecule has 0 aromatic carbocycles. The number of piperidine rings is 1. The van der Waals surface area contributed by atoms with Gasteiger partial charge in [0.2, 0.25) is 5.91 Å². The van der Waals surface area contributed by atoms with Crippen LogP contribution in [0, 0.1) is 11.3 Å². The van der Waals surface area contributed by atoms with Crippen LogP contribution in [0.1, 0.15) is 6.42 Å². The highest BCUT2D eigenvalue weighted by Gasteiger charge is 2.64. The Labute approximate surface area is 52.4 Å². The topological polar surface area (TPSA) is 46.2 Å². The second-order valence-electron chi connectivity index (χ2n) is 2.77. The normalized spacial score (nSPS) is 45.8. The van der Waals surface area contributed by atoms with Crippen molar-refractivity contribution in [2.75, 3.05) is 6.54 Å². The minimum Gasteiger partial charge on any atom is -0.355 e. The molecule has 0 bridgehead atoms. The number of rotatable bonds is 1. The van der Waals surface area contributed by atoms with Crippen LogP contribution in [0.4, 0.5) is 0 Å². The van der Waals surface area contributed by atoms with Crippen molar-refractivity contribution in [1.82, 2.24) is 5.32 Å². The largest absolute Gasteiger partial charge is 0.355 e. The SMILES string of the molecule is O=C[C@@]12C[C@@H]1CNC2=O. The summed E-state index contributed by atoms with van der Waals surface area (Å²) in [5.41, 5.74) is -0.569. The van der Waals surface area contributed by atoms with Gasteiger partial charge in [-0.1, -0.05) is 0 Å². The Bertz CT molecular complexity index is 189. The summed E-state index contributed by atoms with van der Waals surface area (Å²) in [5.74, 6) is 0.255. The van der Waals surface area contributed by atoms with Gasteiger partial charge < -0.3 is 10.1 Å². The lowest BCUT2D eigenvalue weighted by atomic mass is 10.1. The predicted molar refractivity (Wildman–Crippen MR) is 29.6 cm³/mol. The number of hydrogen-bond acceptors (Lipinski definition) is 2. The molecule has 0 spiro atoms. The van der Waals surface area contributed by atoms with E-state index >= 15 is 0 Å². The monoisotopic (exact) mass is 125 g/mol. The Morgan fingerprint density at radius 1 is 1.78 bits per heavy atom. The van der Waals surface area contributed by atoms with E-state index in [1.165, 1.54) is 0 Å². The van der Waals surface area contributed by atoms with Gasteiger partial charge in [0.15, 0.2) is 0 Å². The van der Waals surface area contributed by atoms with E-state index in [9.17, 15) is 9.59 Å². The molecule has 2 fully saturated rings. The molecule has 1 heterocycles. The minimum atomic E-state index is -0.569. The molecule has 0 radical (unpaired) electrons. The Kier molecular flexibility index (Phi) is 0.648. The smallest absolute Gasteiger partial charge is 0.233 e. The second-order valence-corrected chi connectivity index (χ2v) is 2.77. The predicted octanol–water partition coefficient (Wildman–Crippen LogP) is -0.679. The van der Waals surface area contributed by atoms with Crippen LogP contribution in [-0.4, -0.2) is 18.7 Å². The van der Waals surface area contributed by atoms with Gasteiger partial charge >= 0.3 is 0 Å². The highest BCUT2D eigenvalue weighted by Crippen LogP contribution is 2.53. The summed E-state index contributed by atoms with van der Waals surface area (Å²) in [6.45, 7) is 0.706. The number of amides is 1. The van der Waals surface area contributed by atoms with Crippen molar-refractivity contribution in [2.45, 2.75) is 6.42 Å². The minimum absolute atomic E-state index is 0.0671. The van der Waals surface area contributed by atoms with E-state index in [4.69, 9.17) is 0 Å². The molecular formula is C6H7NO2. The van der Waals surface area contributed by atoms with E-state index in [0.29, 0.717) is 12.5 Å². The molecule has 0 unspecified atom stereocenters. The van der Waals surface area contributed by atoms with E-state index in [-0.39, 0.29) is 5.91 Å². The van der Waals surface area contributed by atoms with Gasteiger partial charge in [-0.2, -0.15) is 0 Å². The van der Waals surface area contributed by atoms with Crippen LogP contribution in [-0.2, 0) is 9.59 Å². The Morgan fingerprint density at radius 2 is 2.56 bits per heavy atom. The van der Waals surface area contributed by atoms with Crippen molar-refractivity contribution in [3.05, 3.63) is 0 Å². The van der Waals surface area contributed by atoms with Crippen molar-refractivity contribution in [1.29, 1.82) is 0 Å². The number of carbonyl (C=O) groups excluding carboxylic acids is 2. The molecule has 2 atom stereocenters. The molecule has 9 heavy (non-hydrogen) atoms. The first kappa shape index (κ1) is 4.97. The maximum Gasteiger partial charge on any atom is 0.233 e. The van der Waals surface area contributed by atoms with Crippen LogP contribution >= 0.6 is 0 Å². The lowest BCUT2D eigenvalue weighted by Gasteiger charge is -1.96. The Morgan fingerprint density at radius 3 is 2.78 bits per heavy atom. The van der Waals surface area contributed by atoms with Gasteiger partial charge in [-0.05, 0) is 12.3 Å². The van der Waals surface area contributed by atoms with Gasteiger partial charge in [-0.3, -0.25) is 4.79 Å². The summed E-state index contributed by atoms with van der Waals surface area (Å²) in [6, 6.07) is 0. The molecule has 0 aromatic heterocycles. The molecule has 48 valence electrons. The third-order valence-electron chi connectivity index (χ3n) is 2.29. The first-order valence-electron chi connectivity index (χ1n) is 3.04. The second kappa shape index (κ2) is 1.17. The standard InChI is InChI=1S/C6H7NO2/c8-3-6-1-4(6)2-7-5(6)9/h3-4H,1-2H2,(H,7,9)/t4-,6+/m1/s1. The molecule has 3 heteroatoms. The lowest BCUT2D eigenvalue weighted by Crippen LogP contribution is -2.25. The summed E-state index contributed by atoms with van der Waals surface area (Å²) >= 11 is 0. The summed E-state index contributed by atoms with van der Waals surface area (Å²) in [5, 5.41) is 2.64. The average Bonchev–Trinajstić information content (AvgIpc) is 2.52. The average molecular weight is 125 g/mol. The molecule has 1 saturated carbocycles. The van der Waals surface area contributed by atoms with Gasteiger partial charge in [0, 0.05) is 6.54 Å². The van der Waals surface area contributed by atoms with Crippen molar-refractivity contribution >= 4 is 12.2 Å². The molecule has 3 nitrogen and oxygen atoms in total. The number of nitrogens with one attached hydrogen (secondary N) is 1. The fraction of sp³-hybridized carbons (Fsp3) is 0.667. The Hall–Kier alpha value is -0.860. The summed E-state index contributed by atoms with van der Waals surface area (Å²) in [4.78, 5) is 21.1. The first-order valence-corrected chi connectivity index (χ1v) is 3.04. The molecule has 2 rings (SSSR count). The van der Waals surface area contributed by atoms with E-state index < -0.39 is 5.41 Å². The lowest BCUT2D eigenvalue weighted by molar-refractivity contribution is -0.129. The highest BCUT2D eigenvalue weighted by atomic mass is 16.2. The number of fused-ring (bicyclic) bond motifs is 1. The maximum atomic E-state index is 10.8. The zero-order valence-corrected chi connectivity index (χ0v) is 4.89. The van der Waals surface area contributed by atoms with Gasteiger partial charge in [0.05, 0.1) is 0 Å². The summed E-state index contributed by atoms with van der Waals surface area (Å²) in [6.07, 6.45) is 1.57. The molecule has 1 saturated heterocycles. The van der Waals surface area contributed by atoms with Crippen LogP contribution < -0.4 is 5.32 Å². The van der Waals surface area contributed by atoms with E-state index in [1.807, 2.05) is 0 Å².